The van der Waals surface area contributed by atoms with Crippen molar-refractivity contribution in [3.63, 3.8) is 0 Å². The summed E-state index contributed by atoms with van der Waals surface area (Å²) < 4.78 is 19.6. The van der Waals surface area contributed by atoms with E-state index < -0.39 is 10.6 Å². The van der Waals surface area contributed by atoms with E-state index in [1.54, 1.807) is 6.07 Å². The van der Waals surface area contributed by atoms with Crippen LogP contribution in [0.4, 0.5) is 5.69 Å². The molecule has 9 heteroatoms. The molecule has 1 unspecified atom stereocenters. The summed E-state index contributed by atoms with van der Waals surface area (Å²) in [6.45, 7) is 7.29. The number of nitrogens with one attached hydrogen (secondary N) is 1. The van der Waals surface area contributed by atoms with Crippen LogP contribution < -0.4 is 5.32 Å². The largest absolute Gasteiger partial charge is 0.337 e. The number of halogens is 1. The van der Waals surface area contributed by atoms with E-state index >= 15 is 0 Å². The standard InChI is InChI=1S/C26H40ClN3O4S/c1-18-16-29(9-10-30(18)26(32)21-5-3-4-6-21)17-22-14-23(27)15-24(19(22)2)28-25(31)13-20-7-11-35(33,34)12-8-20/h14-15,18,20-21,33-34H,3-13,16-17H2,1-2H3,(H,28,31). The Morgan fingerprint density at radius 2 is 1.80 bits per heavy atom. The maximum atomic E-state index is 12.9. The second-order valence-corrected chi connectivity index (χ2v) is 13.6. The van der Waals surface area contributed by atoms with E-state index in [1.165, 1.54) is 12.8 Å². The van der Waals surface area contributed by atoms with Crippen LogP contribution in [-0.4, -0.2) is 67.9 Å². The second-order valence-electron chi connectivity index (χ2n) is 10.7. The van der Waals surface area contributed by atoms with Gasteiger partial charge < -0.3 is 10.2 Å². The Morgan fingerprint density at radius 1 is 1.11 bits per heavy atom. The molecule has 1 saturated carbocycles. The van der Waals surface area contributed by atoms with Gasteiger partial charge in [-0.25, -0.2) is 0 Å². The molecule has 0 aromatic heterocycles. The lowest BCUT2D eigenvalue weighted by Crippen LogP contribution is -2.54. The molecular formula is C26H40ClN3O4S. The van der Waals surface area contributed by atoms with Crippen LogP contribution in [-0.2, 0) is 16.1 Å². The minimum atomic E-state index is -2.43. The molecule has 1 aromatic carbocycles. The maximum absolute atomic E-state index is 12.9. The fourth-order valence-corrected chi connectivity index (χ4v) is 7.67. The van der Waals surface area contributed by atoms with Crippen LogP contribution in [0.2, 0.25) is 5.02 Å². The molecule has 3 fully saturated rings. The molecule has 3 aliphatic rings. The van der Waals surface area contributed by atoms with Gasteiger partial charge in [-0.1, -0.05) is 24.4 Å². The van der Waals surface area contributed by atoms with Crippen molar-refractivity contribution in [2.45, 2.75) is 71.4 Å². The van der Waals surface area contributed by atoms with Gasteiger partial charge in [0.1, 0.15) is 0 Å². The Labute approximate surface area is 215 Å². The predicted octanol–water partition coefficient (Wildman–Crippen LogP) is 5.36. The van der Waals surface area contributed by atoms with Crippen molar-refractivity contribution in [2.24, 2.45) is 11.8 Å². The number of amides is 2. The third kappa shape index (κ3) is 6.92. The number of carbonyl (C=O) groups excluding carboxylic acids is 2. The van der Waals surface area contributed by atoms with Crippen molar-refractivity contribution >= 4 is 39.7 Å². The molecule has 2 aliphatic heterocycles. The summed E-state index contributed by atoms with van der Waals surface area (Å²) in [5.41, 5.74) is 2.83. The van der Waals surface area contributed by atoms with Gasteiger partial charge >= 0.3 is 0 Å². The summed E-state index contributed by atoms with van der Waals surface area (Å²) in [6, 6.07) is 3.96. The van der Waals surface area contributed by atoms with Crippen LogP contribution in [0, 0.1) is 18.8 Å². The normalized spacial score (nSPS) is 24.9. The highest BCUT2D eigenvalue weighted by molar-refractivity contribution is 8.24. The lowest BCUT2D eigenvalue weighted by molar-refractivity contribution is -0.140. The molecule has 3 N–H and O–H groups in total. The molecule has 0 spiro atoms. The third-order valence-electron chi connectivity index (χ3n) is 8.03. The van der Waals surface area contributed by atoms with E-state index in [9.17, 15) is 18.7 Å². The predicted molar refractivity (Wildman–Crippen MR) is 143 cm³/mol. The molecular weight excluding hydrogens is 486 g/mol. The third-order valence-corrected chi connectivity index (χ3v) is 10.0. The molecule has 4 rings (SSSR count). The summed E-state index contributed by atoms with van der Waals surface area (Å²) in [6.07, 6.45) is 6.13. The van der Waals surface area contributed by atoms with Gasteiger partial charge in [0, 0.05) is 66.8 Å². The number of benzene rings is 1. The van der Waals surface area contributed by atoms with Gasteiger partial charge in [-0.2, -0.15) is 10.6 Å². The molecule has 1 aromatic rings. The number of anilines is 1. The molecule has 1 atom stereocenters. The zero-order chi connectivity index (χ0) is 25.2. The molecule has 2 heterocycles. The fourth-order valence-electron chi connectivity index (χ4n) is 5.81. The van der Waals surface area contributed by atoms with Crippen molar-refractivity contribution in [3.8, 4) is 0 Å². The van der Waals surface area contributed by atoms with Crippen LogP contribution in [0.5, 0.6) is 0 Å². The van der Waals surface area contributed by atoms with E-state index in [4.69, 9.17) is 11.6 Å². The van der Waals surface area contributed by atoms with Crippen molar-refractivity contribution in [3.05, 3.63) is 28.3 Å². The average Bonchev–Trinajstić information content (AvgIpc) is 3.33. The van der Waals surface area contributed by atoms with Gasteiger partial charge in [-0.3, -0.25) is 23.6 Å². The first-order chi connectivity index (χ1) is 16.6. The SMILES string of the molecule is Cc1c(CN2CCN(C(=O)C3CCCC3)C(C)C2)cc(Cl)cc1NC(=O)CC1CCS(O)(O)CC1. The quantitative estimate of drug-likeness (QED) is 0.465. The lowest BCUT2D eigenvalue weighted by atomic mass is 9.98. The van der Waals surface area contributed by atoms with Gasteiger partial charge in [0.15, 0.2) is 0 Å². The van der Waals surface area contributed by atoms with Gasteiger partial charge in [-0.05, 0) is 68.7 Å². The number of piperazine rings is 1. The molecule has 1 aliphatic carbocycles. The van der Waals surface area contributed by atoms with E-state index in [0.717, 1.165) is 55.8 Å². The lowest BCUT2D eigenvalue weighted by Gasteiger charge is -2.41. The second kappa shape index (κ2) is 11.4. The van der Waals surface area contributed by atoms with Crippen LogP contribution in [0.1, 0.15) is 63.0 Å². The highest BCUT2D eigenvalue weighted by atomic mass is 35.5. The van der Waals surface area contributed by atoms with Crippen LogP contribution in [0.25, 0.3) is 0 Å². The number of nitrogens with zero attached hydrogens (tertiary/aromatic N) is 2. The van der Waals surface area contributed by atoms with Gasteiger partial charge in [0.2, 0.25) is 11.8 Å². The fraction of sp³-hybridized carbons (Fsp3) is 0.692. The van der Waals surface area contributed by atoms with Crippen molar-refractivity contribution in [1.82, 2.24) is 9.80 Å². The first kappa shape index (κ1) is 26.7. The number of rotatable bonds is 6. The molecule has 0 bridgehead atoms. The Hall–Kier alpha value is -1.32. The Balaban J connectivity index is 1.34. The van der Waals surface area contributed by atoms with Crippen molar-refractivity contribution < 1.29 is 18.7 Å². The zero-order valence-corrected chi connectivity index (χ0v) is 22.5. The minimum absolute atomic E-state index is 0.0580. The van der Waals surface area contributed by atoms with Crippen molar-refractivity contribution in [2.75, 3.05) is 36.5 Å². The van der Waals surface area contributed by atoms with Gasteiger partial charge in [-0.15, -0.1) is 0 Å². The molecule has 35 heavy (non-hydrogen) atoms. The highest BCUT2D eigenvalue weighted by Gasteiger charge is 2.33. The van der Waals surface area contributed by atoms with Gasteiger partial charge in [0.25, 0.3) is 0 Å². The maximum Gasteiger partial charge on any atom is 0.226 e. The molecule has 0 radical (unpaired) electrons. The summed E-state index contributed by atoms with van der Waals surface area (Å²) in [5.74, 6) is 1.46. The van der Waals surface area contributed by atoms with Crippen molar-refractivity contribution in [1.29, 1.82) is 0 Å². The molecule has 196 valence electrons. The summed E-state index contributed by atoms with van der Waals surface area (Å²) in [5, 5.41) is 3.64. The van der Waals surface area contributed by atoms with E-state index in [0.29, 0.717) is 41.7 Å². The number of carbonyl (C=O) groups is 2. The Kier molecular flexibility index (Phi) is 8.69. The summed E-state index contributed by atoms with van der Waals surface area (Å²) in [4.78, 5) is 30.1. The van der Waals surface area contributed by atoms with E-state index in [1.807, 2.05) is 13.0 Å². The van der Waals surface area contributed by atoms with E-state index in [2.05, 4.69) is 22.0 Å². The van der Waals surface area contributed by atoms with Gasteiger partial charge in [0.05, 0.1) is 0 Å². The Morgan fingerprint density at radius 3 is 2.46 bits per heavy atom. The zero-order valence-electron chi connectivity index (χ0n) is 21.0. The van der Waals surface area contributed by atoms with Crippen LogP contribution in [0.3, 0.4) is 0 Å². The average molecular weight is 526 g/mol. The summed E-state index contributed by atoms with van der Waals surface area (Å²) >= 11 is 6.44. The summed E-state index contributed by atoms with van der Waals surface area (Å²) in [7, 11) is -2.43. The monoisotopic (exact) mass is 525 g/mol. The first-order valence-electron chi connectivity index (χ1n) is 13.0. The molecule has 2 saturated heterocycles. The minimum Gasteiger partial charge on any atom is -0.337 e. The first-order valence-corrected chi connectivity index (χ1v) is 15.2. The number of hydrogen-bond donors (Lipinski definition) is 3. The van der Waals surface area contributed by atoms with Crippen LogP contribution in [0.15, 0.2) is 12.1 Å². The topological polar surface area (TPSA) is 93.1 Å². The van der Waals surface area contributed by atoms with E-state index in [-0.39, 0.29) is 23.8 Å². The Bertz CT molecular complexity index is 927. The highest BCUT2D eigenvalue weighted by Crippen LogP contribution is 2.46. The van der Waals surface area contributed by atoms with Crippen LogP contribution >= 0.6 is 22.2 Å². The number of hydrogen-bond acceptors (Lipinski definition) is 5. The smallest absolute Gasteiger partial charge is 0.226 e. The molecule has 7 nitrogen and oxygen atoms in total. The molecule has 2 amide bonds.